The second-order valence-corrected chi connectivity index (χ2v) is 9.30. The molecule has 37 heavy (non-hydrogen) atoms. The molecule has 2 aromatic heterocycles. The number of nitrogens with zero attached hydrogens (tertiary/aromatic N) is 6. The molecule has 1 saturated heterocycles. The van der Waals surface area contributed by atoms with E-state index < -0.39 is 0 Å². The molecular formula is C27H31N7O3. The van der Waals surface area contributed by atoms with Crippen molar-refractivity contribution in [2.45, 2.75) is 6.92 Å². The number of anilines is 1. The van der Waals surface area contributed by atoms with Crippen LogP contribution in [0.25, 0.3) is 21.8 Å². The lowest BCUT2D eigenvalue weighted by atomic mass is 10.1. The van der Waals surface area contributed by atoms with Crippen molar-refractivity contribution in [3.8, 4) is 17.5 Å². The Kier molecular flexibility index (Phi) is 6.91. The predicted octanol–water partition coefficient (Wildman–Crippen LogP) is 3.38. The van der Waals surface area contributed by atoms with Crippen LogP contribution in [0.2, 0.25) is 0 Å². The lowest BCUT2D eigenvalue weighted by Crippen LogP contribution is -2.48. The summed E-state index contributed by atoms with van der Waals surface area (Å²) in [6.07, 6.45) is 3.13. The molecular weight excluding hydrogens is 470 g/mol. The van der Waals surface area contributed by atoms with Gasteiger partial charge in [-0.15, -0.1) is 0 Å². The molecule has 1 aliphatic heterocycles. The van der Waals surface area contributed by atoms with Crippen molar-refractivity contribution in [3.63, 3.8) is 0 Å². The summed E-state index contributed by atoms with van der Waals surface area (Å²) in [7, 11) is 3.98. The van der Waals surface area contributed by atoms with Gasteiger partial charge < -0.3 is 24.2 Å². The van der Waals surface area contributed by atoms with Crippen molar-refractivity contribution in [2.24, 2.45) is 0 Å². The number of aromatic nitrogens is 4. The number of para-hydroxylation sites is 1. The molecule has 4 aromatic rings. The van der Waals surface area contributed by atoms with Crippen LogP contribution in [-0.2, 0) is 4.79 Å². The van der Waals surface area contributed by atoms with Crippen LogP contribution in [0.5, 0.6) is 17.5 Å². The Morgan fingerprint density at radius 3 is 2.70 bits per heavy atom. The average Bonchev–Trinajstić information content (AvgIpc) is 3.39. The number of piperazine rings is 1. The Morgan fingerprint density at radius 2 is 1.95 bits per heavy atom. The van der Waals surface area contributed by atoms with Crippen LogP contribution in [-0.4, -0.2) is 89.3 Å². The molecule has 0 aliphatic carbocycles. The zero-order valence-corrected chi connectivity index (χ0v) is 21.4. The average molecular weight is 502 g/mol. The largest absolute Gasteiger partial charge is 0.462 e. The lowest BCUT2D eigenvalue weighted by Gasteiger charge is -2.35. The number of hydrogen-bond acceptors (Lipinski definition) is 8. The summed E-state index contributed by atoms with van der Waals surface area (Å²) in [6.45, 7) is 9.26. The minimum absolute atomic E-state index is 0.0561. The van der Waals surface area contributed by atoms with Gasteiger partial charge in [-0.2, -0.15) is 15.1 Å². The molecule has 5 rings (SSSR count). The van der Waals surface area contributed by atoms with E-state index in [-0.39, 0.29) is 5.91 Å². The molecule has 0 bridgehead atoms. The normalized spacial score (nSPS) is 13.9. The molecule has 192 valence electrons. The molecule has 10 heteroatoms. The van der Waals surface area contributed by atoms with E-state index >= 15 is 0 Å². The first-order valence-electron chi connectivity index (χ1n) is 12.3. The molecule has 1 N–H and O–H groups in total. The van der Waals surface area contributed by atoms with Crippen LogP contribution in [0, 0.1) is 6.92 Å². The van der Waals surface area contributed by atoms with E-state index in [1.807, 2.05) is 56.3 Å². The van der Waals surface area contributed by atoms with E-state index in [4.69, 9.17) is 19.4 Å². The smallest absolute Gasteiger partial charge is 0.319 e. The third-order valence-corrected chi connectivity index (χ3v) is 6.47. The molecule has 0 radical (unpaired) electrons. The van der Waals surface area contributed by atoms with Gasteiger partial charge in [-0.1, -0.05) is 18.7 Å². The van der Waals surface area contributed by atoms with Gasteiger partial charge in [0.25, 0.3) is 0 Å². The van der Waals surface area contributed by atoms with Crippen LogP contribution in [0.4, 0.5) is 5.82 Å². The number of benzene rings is 2. The molecule has 1 fully saturated rings. The number of nitrogens with one attached hydrogen (secondary N) is 1. The highest BCUT2D eigenvalue weighted by atomic mass is 16.5. The third-order valence-electron chi connectivity index (χ3n) is 6.47. The van der Waals surface area contributed by atoms with Crippen LogP contribution >= 0.6 is 0 Å². The molecule has 3 heterocycles. The van der Waals surface area contributed by atoms with E-state index in [2.05, 4.69) is 21.7 Å². The van der Waals surface area contributed by atoms with E-state index in [0.717, 1.165) is 40.0 Å². The number of fused-ring (bicyclic) bond motifs is 2. The van der Waals surface area contributed by atoms with Gasteiger partial charge in [-0.05, 0) is 50.9 Å². The highest BCUT2D eigenvalue weighted by Gasteiger charge is 2.24. The maximum absolute atomic E-state index is 12.1. The van der Waals surface area contributed by atoms with Crippen molar-refractivity contribution in [2.75, 3.05) is 58.3 Å². The van der Waals surface area contributed by atoms with Gasteiger partial charge in [-0.25, -0.2) is 0 Å². The van der Waals surface area contributed by atoms with Crippen molar-refractivity contribution in [1.82, 2.24) is 30.0 Å². The number of H-pyrrole nitrogens is 1. The van der Waals surface area contributed by atoms with E-state index in [1.165, 1.54) is 6.08 Å². The zero-order chi connectivity index (χ0) is 25.9. The Hall–Kier alpha value is -4.18. The number of rotatable bonds is 8. The summed E-state index contributed by atoms with van der Waals surface area (Å²) in [6, 6.07) is 10.1. The van der Waals surface area contributed by atoms with Crippen LogP contribution in [0.1, 0.15) is 5.56 Å². The second-order valence-electron chi connectivity index (χ2n) is 9.30. The standard InChI is InChI=1S/C27H31N7O3/c1-5-23(35)33-11-13-34(14-12-33)26-19-7-6-8-22(24(19)29-27(30-26)36-16-15-32(3)4)37-25-18(2)9-10-21-20(25)17-28-31-21/h5-10,17H,1,11-16H2,2-4H3,(H,28,31). The van der Waals surface area contributed by atoms with E-state index in [0.29, 0.717) is 50.1 Å². The van der Waals surface area contributed by atoms with Crippen molar-refractivity contribution in [1.29, 1.82) is 0 Å². The predicted molar refractivity (Wildman–Crippen MR) is 143 cm³/mol. The fraction of sp³-hybridized carbons (Fsp3) is 0.333. The van der Waals surface area contributed by atoms with Gasteiger partial charge in [0.05, 0.1) is 17.1 Å². The summed E-state index contributed by atoms with van der Waals surface area (Å²) in [5.74, 6) is 2.04. The monoisotopic (exact) mass is 501 g/mol. The number of aromatic amines is 1. The van der Waals surface area contributed by atoms with Crippen molar-refractivity contribution >= 4 is 33.5 Å². The fourth-order valence-electron chi connectivity index (χ4n) is 4.41. The maximum Gasteiger partial charge on any atom is 0.319 e. The molecule has 0 atom stereocenters. The SMILES string of the molecule is C=CC(=O)N1CCN(c2nc(OCCN(C)C)nc3c(Oc4c(C)ccc5[nH]ncc45)cccc23)CC1. The lowest BCUT2D eigenvalue weighted by molar-refractivity contribution is -0.126. The Labute approximate surface area is 215 Å². The van der Waals surface area contributed by atoms with E-state index in [1.54, 1.807) is 11.1 Å². The fourth-order valence-corrected chi connectivity index (χ4v) is 4.41. The maximum atomic E-state index is 12.1. The summed E-state index contributed by atoms with van der Waals surface area (Å²) >= 11 is 0. The van der Waals surface area contributed by atoms with Gasteiger partial charge in [0.2, 0.25) is 5.91 Å². The number of likely N-dealkylation sites (N-methyl/N-ethyl adjacent to an activating group) is 1. The van der Waals surface area contributed by atoms with Gasteiger partial charge >= 0.3 is 6.01 Å². The summed E-state index contributed by atoms with van der Waals surface area (Å²) in [5.41, 5.74) is 2.55. The highest BCUT2D eigenvalue weighted by Crippen LogP contribution is 2.38. The topological polar surface area (TPSA) is 99.7 Å². The number of hydrogen-bond donors (Lipinski definition) is 1. The zero-order valence-electron chi connectivity index (χ0n) is 21.4. The van der Waals surface area contributed by atoms with Crippen LogP contribution < -0.4 is 14.4 Å². The number of carbonyl (C=O) groups excluding carboxylic acids is 1. The summed E-state index contributed by atoms with van der Waals surface area (Å²) in [4.78, 5) is 27.7. The van der Waals surface area contributed by atoms with Crippen molar-refractivity contribution < 1.29 is 14.3 Å². The number of aryl methyl sites for hydroxylation is 1. The minimum Gasteiger partial charge on any atom is -0.462 e. The number of amides is 1. The van der Waals surface area contributed by atoms with Gasteiger partial charge in [0, 0.05) is 38.1 Å². The van der Waals surface area contributed by atoms with Gasteiger partial charge in [0.15, 0.2) is 5.75 Å². The first-order chi connectivity index (χ1) is 17.9. The molecule has 0 saturated carbocycles. The molecule has 2 aromatic carbocycles. The molecule has 0 unspecified atom stereocenters. The summed E-state index contributed by atoms with van der Waals surface area (Å²) < 4.78 is 12.5. The molecule has 1 amide bonds. The summed E-state index contributed by atoms with van der Waals surface area (Å²) in [5, 5.41) is 8.93. The van der Waals surface area contributed by atoms with Gasteiger partial charge in [0.1, 0.15) is 23.7 Å². The first-order valence-corrected chi connectivity index (χ1v) is 12.3. The van der Waals surface area contributed by atoms with Crippen LogP contribution in [0.3, 0.4) is 0 Å². The highest BCUT2D eigenvalue weighted by molar-refractivity contribution is 5.95. The second kappa shape index (κ2) is 10.4. The quantitative estimate of drug-likeness (QED) is 0.367. The number of ether oxygens (including phenoxy) is 2. The van der Waals surface area contributed by atoms with Crippen molar-refractivity contribution in [3.05, 3.63) is 54.7 Å². The first kappa shape index (κ1) is 24.5. The Balaban J connectivity index is 1.55. The van der Waals surface area contributed by atoms with Crippen LogP contribution in [0.15, 0.2) is 49.2 Å². The Bertz CT molecular complexity index is 1440. The van der Waals surface area contributed by atoms with Gasteiger partial charge in [-0.3, -0.25) is 9.89 Å². The number of carbonyl (C=O) groups is 1. The molecule has 0 spiro atoms. The molecule has 1 aliphatic rings. The minimum atomic E-state index is -0.0561. The van der Waals surface area contributed by atoms with E-state index in [9.17, 15) is 4.79 Å². The molecule has 10 nitrogen and oxygen atoms in total. The third kappa shape index (κ3) is 5.05. The Morgan fingerprint density at radius 1 is 1.14 bits per heavy atom.